The molecule has 0 N–H and O–H groups in total. The molecule has 0 amide bonds. The normalized spacial score (nSPS) is 14.6. The molecule has 0 rings (SSSR count). The minimum absolute atomic E-state index is 0.118. The maximum absolute atomic E-state index is 11.6. The van der Waals surface area contributed by atoms with Gasteiger partial charge < -0.3 is 9.47 Å². The third-order valence-corrected chi connectivity index (χ3v) is 2.54. The lowest BCUT2D eigenvalue weighted by Crippen LogP contribution is -2.34. The zero-order valence-corrected chi connectivity index (χ0v) is 12.6. The van der Waals surface area contributed by atoms with Gasteiger partial charge in [0.15, 0.2) is 0 Å². The molecular weight excluding hydrogens is 216 g/mol. The Morgan fingerprint density at radius 3 is 1.88 bits per heavy atom. The second-order valence-electron chi connectivity index (χ2n) is 6.92. The van der Waals surface area contributed by atoms with Gasteiger partial charge in [-0.1, -0.05) is 34.6 Å². The van der Waals surface area contributed by atoms with Crippen LogP contribution >= 0.6 is 0 Å². The molecule has 0 heterocycles. The maximum Gasteiger partial charge on any atom is 0.509 e. The fourth-order valence-electron chi connectivity index (χ4n) is 1.85. The van der Waals surface area contributed by atoms with Crippen LogP contribution in [0.25, 0.3) is 0 Å². The van der Waals surface area contributed by atoms with Crippen molar-refractivity contribution in [3.63, 3.8) is 0 Å². The summed E-state index contributed by atoms with van der Waals surface area (Å²) in [5.74, 6) is 0.299. The van der Waals surface area contributed by atoms with Gasteiger partial charge in [0.1, 0.15) is 11.7 Å². The molecule has 3 heteroatoms. The fraction of sp³-hybridized carbons (Fsp3) is 0.929. The monoisotopic (exact) mass is 244 g/mol. The van der Waals surface area contributed by atoms with Crippen LogP contribution < -0.4 is 0 Å². The number of carbonyl (C=O) groups excluding carboxylic acids is 1. The average molecular weight is 244 g/mol. The summed E-state index contributed by atoms with van der Waals surface area (Å²) < 4.78 is 10.6. The first kappa shape index (κ1) is 16.3. The predicted molar refractivity (Wildman–Crippen MR) is 70.0 cm³/mol. The predicted octanol–water partition coefficient (Wildman–Crippen LogP) is 4.40. The van der Waals surface area contributed by atoms with E-state index >= 15 is 0 Å². The van der Waals surface area contributed by atoms with E-state index in [0.29, 0.717) is 5.92 Å². The van der Waals surface area contributed by atoms with Gasteiger partial charge in [-0.05, 0) is 38.5 Å². The van der Waals surface area contributed by atoms with E-state index < -0.39 is 11.8 Å². The van der Waals surface area contributed by atoms with Gasteiger partial charge in [-0.3, -0.25) is 0 Å². The lowest BCUT2D eigenvalue weighted by molar-refractivity contribution is -0.0525. The van der Waals surface area contributed by atoms with E-state index in [-0.39, 0.29) is 11.5 Å². The van der Waals surface area contributed by atoms with Crippen molar-refractivity contribution in [2.75, 3.05) is 0 Å². The summed E-state index contributed by atoms with van der Waals surface area (Å²) >= 11 is 0. The minimum Gasteiger partial charge on any atom is -0.431 e. The molecule has 0 aliphatic heterocycles. The summed E-state index contributed by atoms with van der Waals surface area (Å²) in [6, 6.07) is 0. The van der Waals surface area contributed by atoms with Gasteiger partial charge in [-0.2, -0.15) is 0 Å². The number of ether oxygens (including phenoxy) is 2. The number of hydrogen-bond acceptors (Lipinski definition) is 3. The second kappa shape index (κ2) is 5.74. The largest absolute Gasteiger partial charge is 0.509 e. The maximum atomic E-state index is 11.6. The van der Waals surface area contributed by atoms with E-state index in [2.05, 4.69) is 20.8 Å². The first-order valence-electron chi connectivity index (χ1n) is 6.32. The SMILES string of the molecule is CC(C)C(C)OC(=O)OC(C)(C)CC(C)(C)C. The van der Waals surface area contributed by atoms with Crippen molar-refractivity contribution < 1.29 is 14.3 Å². The van der Waals surface area contributed by atoms with Crippen LogP contribution in [0.1, 0.15) is 61.8 Å². The van der Waals surface area contributed by atoms with E-state index in [4.69, 9.17) is 9.47 Å². The molecule has 0 aliphatic rings. The molecule has 0 saturated carbocycles. The van der Waals surface area contributed by atoms with E-state index in [1.165, 1.54) is 0 Å². The Morgan fingerprint density at radius 2 is 1.53 bits per heavy atom. The van der Waals surface area contributed by atoms with Gasteiger partial charge >= 0.3 is 6.16 Å². The van der Waals surface area contributed by atoms with Crippen LogP contribution in [0.3, 0.4) is 0 Å². The first-order valence-corrected chi connectivity index (χ1v) is 6.32. The van der Waals surface area contributed by atoms with Gasteiger partial charge in [0.05, 0.1) is 0 Å². The van der Waals surface area contributed by atoms with Crippen molar-refractivity contribution in [3.05, 3.63) is 0 Å². The van der Waals surface area contributed by atoms with E-state index in [1.54, 1.807) is 0 Å². The third kappa shape index (κ3) is 8.06. The van der Waals surface area contributed by atoms with Crippen molar-refractivity contribution in [2.24, 2.45) is 11.3 Å². The van der Waals surface area contributed by atoms with Crippen molar-refractivity contribution >= 4 is 6.16 Å². The van der Waals surface area contributed by atoms with Crippen molar-refractivity contribution in [1.82, 2.24) is 0 Å². The van der Waals surface area contributed by atoms with E-state index in [9.17, 15) is 4.79 Å². The molecule has 0 spiro atoms. The number of carbonyl (C=O) groups is 1. The van der Waals surface area contributed by atoms with Gasteiger partial charge in [-0.25, -0.2) is 4.79 Å². The lowest BCUT2D eigenvalue weighted by atomic mass is 9.84. The van der Waals surface area contributed by atoms with Crippen LogP contribution in [0.4, 0.5) is 4.79 Å². The number of hydrogen-bond donors (Lipinski definition) is 0. The Kier molecular flexibility index (Phi) is 5.50. The molecule has 1 unspecified atom stereocenters. The molecule has 0 saturated heterocycles. The first-order chi connectivity index (χ1) is 7.43. The van der Waals surface area contributed by atoms with Gasteiger partial charge in [0.25, 0.3) is 0 Å². The molecule has 0 aromatic rings. The highest BCUT2D eigenvalue weighted by Gasteiger charge is 2.30. The molecule has 0 aliphatic carbocycles. The van der Waals surface area contributed by atoms with Crippen LogP contribution in [0, 0.1) is 11.3 Å². The standard InChI is InChI=1S/C14H28O3/c1-10(2)11(3)16-12(15)17-14(7,8)9-13(4,5)6/h10-11H,9H2,1-8H3. The summed E-state index contributed by atoms with van der Waals surface area (Å²) in [5, 5.41) is 0. The minimum atomic E-state index is -0.569. The van der Waals surface area contributed by atoms with Crippen LogP contribution in [0.2, 0.25) is 0 Å². The highest BCUT2D eigenvalue weighted by molar-refractivity contribution is 5.60. The molecule has 17 heavy (non-hydrogen) atoms. The molecule has 102 valence electrons. The molecule has 0 radical (unpaired) electrons. The summed E-state index contributed by atoms with van der Waals surface area (Å²) in [7, 11) is 0. The summed E-state index contributed by atoms with van der Waals surface area (Å²) in [4.78, 5) is 11.6. The molecule has 1 atom stereocenters. The smallest absolute Gasteiger partial charge is 0.431 e. The zero-order valence-electron chi connectivity index (χ0n) is 12.6. The van der Waals surface area contributed by atoms with E-state index in [1.807, 2.05) is 34.6 Å². The van der Waals surface area contributed by atoms with Crippen molar-refractivity contribution in [2.45, 2.75) is 73.5 Å². The van der Waals surface area contributed by atoms with Gasteiger partial charge in [0, 0.05) is 0 Å². The summed E-state index contributed by atoms with van der Waals surface area (Å²) in [6.45, 7) is 16.1. The molecule has 3 nitrogen and oxygen atoms in total. The third-order valence-electron chi connectivity index (χ3n) is 2.54. The molecule has 0 aromatic heterocycles. The summed E-state index contributed by atoms with van der Waals surface area (Å²) in [6.07, 6.45) is 0.110. The van der Waals surface area contributed by atoms with Crippen LogP contribution in [0.5, 0.6) is 0 Å². The quantitative estimate of drug-likeness (QED) is 0.688. The topological polar surface area (TPSA) is 35.5 Å². The highest BCUT2D eigenvalue weighted by Crippen LogP contribution is 2.29. The Hall–Kier alpha value is -0.730. The summed E-state index contributed by atoms with van der Waals surface area (Å²) in [5.41, 5.74) is -0.376. The van der Waals surface area contributed by atoms with Gasteiger partial charge in [-0.15, -0.1) is 0 Å². The van der Waals surface area contributed by atoms with Crippen LogP contribution in [0.15, 0.2) is 0 Å². The van der Waals surface area contributed by atoms with Gasteiger partial charge in [0.2, 0.25) is 0 Å². The van der Waals surface area contributed by atoms with E-state index in [0.717, 1.165) is 6.42 Å². The number of rotatable bonds is 4. The fourth-order valence-corrected chi connectivity index (χ4v) is 1.85. The Balaban J connectivity index is 4.28. The molecule has 0 bridgehead atoms. The molecular formula is C14H28O3. The van der Waals surface area contributed by atoms with Crippen LogP contribution in [-0.2, 0) is 9.47 Å². The van der Waals surface area contributed by atoms with Crippen molar-refractivity contribution in [3.8, 4) is 0 Å². The van der Waals surface area contributed by atoms with Crippen molar-refractivity contribution in [1.29, 1.82) is 0 Å². The van der Waals surface area contributed by atoms with Crippen LogP contribution in [-0.4, -0.2) is 17.9 Å². The Morgan fingerprint density at radius 1 is 1.06 bits per heavy atom. The highest BCUT2D eigenvalue weighted by atomic mass is 16.7. The Bertz CT molecular complexity index is 249. The lowest BCUT2D eigenvalue weighted by Gasteiger charge is -2.32. The molecule has 0 aromatic carbocycles. The average Bonchev–Trinajstić information content (AvgIpc) is 1.96. The Labute approximate surface area is 106 Å². The molecule has 0 fully saturated rings. The second-order valence-corrected chi connectivity index (χ2v) is 6.92. The zero-order chi connectivity index (χ0) is 13.9.